The SMILES string of the molecule is C=C1C(=O)O[C@@H]2C[C@H](C)[C@@H]3[C@@H](O)CC(=O)[C@]3(C)[C@@H](OC(=O)C(C)=CC)[C@H]12. The van der Waals surface area contributed by atoms with Crippen molar-refractivity contribution in [3.63, 3.8) is 0 Å². The molecule has 142 valence electrons. The number of hydrogen-bond acceptors (Lipinski definition) is 6. The Bertz CT molecular complexity index is 707. The highest BCUT2D eigenvalue weighted by molar-refractivity contribution is 5.94. The molecule has 2 saturated carbocycles. The zero-order valence-electron chi connectivity index (χ0n) is 15.7. The number of Topliss-reactive ketones (excluding diaryl/α,β-unsaturated/α-hetero) is 1. The van der Waals surface area contributed by atoms with E-state index < -0.39 is 41.6 Å². The second-order valence-electron chi connectivity index (χ2n) is 8.01. The number of aliphatic hydroxyl groups is 1. The Labute approximate surface area is 153 Å². The molecule has 0 aromatic heterocycles. The molecule has 1 aliphatic heterocycles. The number of ether oxygens (including phenoxy) is 2. The molecular weight excluding hydrogens is 336 g/mol. The summed E-state index contributed by atoms with van der Waals surface area (Å²) in [6.45, 7) is 10.9. The van der Waals surface area contributed by atoms with Gasteiger partial charge in [-0.3, -0.25) is 4.79 Å². The topological polar surface area (TPSA) is 89.9 Å². The summed E-state index contributed by atoms with van der Waals surface area (Å²) in [5.74, 6) is -2.21. The molecule has 1 N–H and O–H groups in total. The van der Waals surface area contributed by atoms with Crippen LogP contribution >= 0.6 is 0 Å². The van der Waals surface area contributed by atoms with E-state index in [9.17, 15) is 19.5 Å². The van der Waals surface area contributed by atoms with E-state index in [0.29, 0.717) is 12.0 Å². The summed E-state index contributed by atoms with van der Waals surface area (Å²) >= 11 is 0. The monoisotopic (exact) mass is 362 g/mol. The summed E-state index contributed by atoms with van der Waals surface area (Å²) in [4.78, 5) is 37.6. The lowest BCUT2D eigenvalue weighted by atomic mass is 9.67. The molecule has 1 saturated heterocycles. The molecule has 6 heteroatoms. The fourth-order valence-electron chi connectivity index (χ4n) is 5.07. The normalized spacial score (nSPS) is 42.8. The lowest BCUT2D eigenvalue weighted by molar-refractivity contribution is -0.162. The molecule has 0 bridgehead atoms. The Balaban J connectivity index is 2.12. The largest absolute Gasteiger partial charge is 0.458 e. The molecule has 26 heavy (non-hydrogen) atoms. The first kappa shape index (κ1) is 18.8. The molecule has 0 aromatic rings. The first-order valence-electron chi connectivity index (χ1n) is 9.07. The van der Waals surface area contributed by atoms with Gasteiger partial charge in [0.25, 0.3) is 0 Å². The van der Waals surface area contributed by atoms with Gasteiger partial charge < -0.3 is 14.6 Å². The third-order valence-corrected chi connectivity index (χ3v) is 6.55. The Hall–Kier alpha value is -1.95. The zero-order valence-corrected chi connectivity index (χ0v) is 15.7. The van der Waals surface area contributed by atoms with Crippen LogP contribution in [0.5, 0.6) is 0 Å². The number of allylic oxidation sites excluding steroid dienone is 1. The Morgan fingerprint density at radius 1 is 1.42 bits per heavy atom. The van der Waals surface area contributed by atoms with Crippen molar-refractivity contribution in [1.29, 1.82) is 0 Å². The predicted octanol–water partition coefficient (Wildman–Crippen LogP) is 1.96. The lowest BCUT2D eigenvalue weighted by Crippen LogP contribution is -2.50. The molecule has 0 unspecified atom stereocenters. The van der Waals surface area contributed by atoms with Crippen molar-refractivity contribution in [2.75, 3.05) is 0 Å². The fraction of sp³-hybridized carbons (Fsp3) is 0.650. The van der Waals surface area contributed by atoms with Crippen LogP contribution in [0.2, 0.25) is 0 Å². The number of aliphatic hydroxyl groups excluding tert-OH is 1. The van der Waals surface area contributed by atoms with Crippen LogP contribution in [0.3, 0.4) is 0 Å². The van der Waals surface area contributed by atoms with E-state index in [2.05, 4.69) is 6.58 Å². The highest BCUT2D eigenvalue weighted by Gasteiger charge is 2.65. The molecule has 3 rings (SSSR count). The fourth-order valence-corrected chi connectivity index (χ4v) is 5.07. The predicted molar refractivity (Wildman–Crippen MR) is 92.8 cm³/mol. The summed E-state index contributed by atoms with van der Waals surface area (Å²) in [6, 6.07) is 0. The molecule has 0 radical (unpaired) electrons. The van der Waals surface area contributed by atoms with E-state index in [1.54, 1.807) is 26.8 Å². The summed E-state index contributed by atoms with van der Waals surface area (Å²) in [6.07, 6.45) is -0.0358. The first-order chi connectivity index (χ1) is 12.1. The second-order valence-corrected chi connectivity index (χ2v) is 8.01. The van der Waals surface area contributed by atoms with Crippen LogP contribution in [0.25, 0.3) is 0 Å². The van der Waals surface area contributed by atoms with Crippen LogP contribution in [0.4, 0.5) is 0 Å². The number of fused-ring (bicyclic) bond motifs is 2. The van der Waals surface area contributed by atoms with E-state index in [1.807, 2.05) is 6.92 Å². The quantitative estimate of drug-likeness (QED) is 0.597. The van der Waals surface area contributed by atoms with Crippen molar-refractivity contribution < 1.29 is 29.0 Å². The third kappa shape index (κ3) is 2.54. The molecule has 0 spiro atoms. The van der Waals surface area contributed by atoms with Crippen molar-refractivity contribution >= 4 is 17.7 Å². The maximum Gasteiger partial charge on any atom is 0.334 e. The highest BCUT2D eigenvalue weighted by Crippen LogP contribution is 2.56. The van der Waals surface area contributed by atoms with Crippen molar-refractivity contribution in [3.05, 3.63) is 23.8 Å². The number of ketones is 1. The highest BCUT2D eigenvalue weighted by atomic mass is 16.6. The van der Waals surface area contributed by atoms with Gasteiger partial charge in [0.15, 0.2) is 0 Å². The summed E-state index contributed by atoms with van der Waals surface area (Å²) in [5, 5.41) is 10.5. The standard InChI is InChI=1S/C20H26O6/c1-6-9(2)18(23)26-17-15-11(4)19(24)25-13(15)7-10(3)16-12(21)8-14(22)20(16,17)5/h6,10,12-13,15-17,21H,4,7-8H2,1-3,5H3/t10-,12-,13+,15+,16+,17-,20-/m0/s1. The van der Waals surface area contributed by atoms with Gasteiger partial charge in [-0.05, 0) is 33.1 Å². The minimum absolute atomic E-state index is 0.0286. The summed E-state index contributed by atoms with van der Waals surface area (Å²) < 4.78 is 11.3. The van der Waals surface area contributed by atoms with Gasteiger partial charge in [-0.15, -0.1) is 0 Å². The van der Waals surface area contributed by atoms with E-state index in [1.165, 1.54) is 0 Å². The van der Waals surface area contributed by atoms with Crippen LogP contribution in [-0.4, -0.2) is 41.1 Å². The molecular formula is C20H26O6. The Morgan fingerprint density at radius 3 is 2.69 bits per heavy atom. The van der Waals surface area contributed by atoms with E-state index in [4.69, 9.17) is 9.47 Å². The molecule has 3 aliphatic rings. The molecule has 0 amide bonds. The van der Waals surface area contributed by atoms with E-state index >= 15 is 0 Å². The summed E-state index contributed by atoms with van der Waals surface area (Å²) in [5.41, 5.74) is -0.436. The Kier molecular flexibility index (Phi) is 4.59. The average Bonchev–Trinajstić information content (AvgIpc) is 2.94. The van der Waals surface area contributed by atoms with Gasteiger partial charge in [0.2, 0.25) is 0 Å². The van der Waals surface area contributed by atoms with Crippen LogP contribution in [0.1, 0.15) is 40.5 Å². The van der Waals surface area contributed by atoms with Gasteiger partial charge in [0.05, 0.1) is 17.4 Å². The molecule has 1 heterocycles. The average molecular weight is 362 g/mol. The zero-order chi connectivity index (χ0) is 19.4. The minimum Gasteiger partial charge on any atom is -0.458 e. The van der Waals surface area contributed by atoms with Crippen LogP contribution in [0.15, 0.2) is 23.8 Å². The lowest BCUT2D eigenvalue weighted by Gasteiger charge is -2.40. The molecule has 0 aromatic carbocycles. The molecule has 6 nitrogen and oxygen atoms in total. The molecule has 3 fully saturated rings. The van der Waals surface area contributed by atoms with Gasteiger partial charge in [-0.2, -0.15) is 0 Å². The third-order valence-electron chi connectivity index (χ3n) is 6.55. The van der Waals surface area contributed by atoms with E-state index in [-0.39, 0.29) is 29.6 Å². The number of esters is 2. The van der Waals surface area contributed by atoms with Gasteiger partial charge in [-0.25, -0.2) is 9.59 Å². The van der Waals surface area contributed by atoms with Crippen molar-refractivity contribution in [2.45, 2.75) is 58.8 Å². The smallest absolute Gasteiger partial charge is 0.334 e. The second kappa shape index (κ2) is 6.34. The number of hydrogen-bond donors (Lipinski definition) is 1. The Morgan fingerprint density at radius 2 is 2.08 bits per heavy atom. The van der Waals surface area contributed by atoms with Crippen LogP contribution in [-0.2, 0) is 23.9 Å². The van der Waals surface area contributed by atoms with Crippen LogP contribution < -0.4 is 0 Å². The van der Waals surface area contributed by atoms with Gasteiger partial charge in [0.1, 0.15) is 18.0 Å². The van der Waals surface area contributed by atoms with Gasteiger partial charge >= 0.3 is 11.9 Å². The molecule has 7 atom stereocenters. The van der Waals surface area contributed by atoms with Gasteiger partial charge in [0, 0.05) is 23.5 Å². The van der Waals surface area contributed by atoms with Gasteiger partial charge in [-0.1, -0.05) is 19.6 Å². The van der Waals surface area contributed by atoms with Crippen molar-refractivity contribution in [2.24, 2.45) is 23.2 Å². The maximum absolute atomic E-state index is 12.9. The number of carbonyl (C=O) groups excluding carboxylic acids is 3. The first-order valence-corrected chi connectivity index (χ1v) is 9.07. The maximum atomic E-state index is 12.9. The van der Waals surface area contributed by atoms with Crippen molar-refractivity contribution in [3.8, 4) is 0 Å². The van der Waals surface area contributed by atoms with E-state index in [0.717, 1.165) is 0 Å². The molecule has 2 aliphatic carbocycles. The summed E-state index contributed by atoms with van der Waals surface area (Å²) in [7, 11) is 0. The minimum atomic E-state index is -1.08. The van der Waals surface area contributed by atoms with Crippen LogP contribution in [0, 0.1) is 23.2 Å². The number of carbonyl (C=O) groups is 3. The van der Waals surface area contributed by atoms with Crippen molar-refractivity contribution in [1.82, 2.24) is 0 Å². The number of rotatable bonds is 2.